The van der Waals surface area contributed by atoms with Gasteiger partial charge in [-0.1, -0.05) is 42.5 Å². The lowest BCUT2D eigenvalue weighted by Gasteiger charge is -2.04. The van der Waals surface area contributed by atoms with Crippen molar-refractivity contribution in [3.63, 3.8) is 0 Å². The van der Waals surface area contributed by atoms with Crippen LogP contribution >= 0.6 is 0 Å². The molecule has 0 spiro atoms. The molecule has 1 heterocycles. The van der Waals surface area contributed by atoms with E-state index in [1.807, 2.05) is 13.0 Å². The van der Waals surface area contributed by atoms with Crippen molar-refractivity contribution in [2.45, 2.75) is 19.8 Å². The summed E-state index contributed by atoms with van der Waals surface area (Å²) in [6.45, 7) is 1.97. The molecule has 0 saturated heterocycles. The molecule has 0 radical (unpaired) electrons. The molecule has 2 aromatic carbocycles. The highest BCUT2D eigenvalue weighted by Crippen LogP contribution is 2.19. The molecule has 0 unspecified atom stereocenters. The van der Waals surface area contributed by atoms with E-state index in [2.05, 4.69) is 47.4 Å². The van der Waals surface area contributed by atoms with E-state index >= 15 is 0 Å². The zero-order valence-corrected chi connectivity index (χ0v) is 11.4. The molecule has 0 atom stereocenters. The van der Waals surface area contributed by atoms with Crippen molar-refractivity contribution in [2.24, 2.45) is 0 Å². The van der Waals surface area contributed by atoms with Crippen molar-refractivity contribution in [1.29, 1.82) is 0 Å². The molecule has 0 aliphatic rings. The summed E-state index contributed by atoms with van der Waals surface area (Å²) < 4.78 is 12.4. The second kappa shape index (κ2) is 5.37. The van der Waals surface area contributed by atoms with Crippen LogP contribution in [-0.2, 0) is 12.8 Å². The van der Waals surface area contributed by atoms with E-state index in [9.17, 15) is 4.48 Å². The smallest absolute Gasteiger partial charge is 0.132 e. The van der Waals surface area contributed by atoms with Crippen LogP contribution in [0.3, 0.4) is 0 Å². The SMILES string of the molecule is Cc1[nH]c(NF)cc1CCc1ccc2ccccc2c1. The minimum Gasteiger partial charge on any atom is -0.344 e. The van der Waals surface area contributed by atoms with Gasteiger partial charge in [-0.2, -0.15) is 0 Å². The van der Waals surface area contributed by atoms with E-state index in [0.29, 0.717) is 5.82 Å². The third-order valence-electron chi connectivity index (χ3n) is 3.72. The standard InChI is InChI=1S/C17H17FN2/c1-12-15(11-17(19-12)20-18)9-7-13-6-8-14-4-2-3-5-16(14)10-13/h2-6,8,10-11,19-20H,7,9H2,1H3. The Bertz CT molecular complexity index is 731. The second-order valence-electron chi connectivity index (χ2n) is 5.11. The highest BCUT2D eigenvalue weighted by atomic mass is 19.2. The number of H-pyrrole nitrogens is 1. The van der Waals surface area contributed by atoms with Crippen molar-refractivity contribution in [1.82, 2.24) is 4.98 Å². The normalized spacial score (nSPS) is 10.9. The van der Waals surface area contributed by atoms with Crippen molar-refractivity contribution >= 4 is 16.6 Å². The molecule has 0 bridgehead atoms. The van der Waals surface area contributed by atoms with Gasteiger partial charge < -0.3 is 4.98 Å². The minimum atomic E-state index is 0.427. The van der Waals surface area contributed by atoms with Gasteiger partial charge in [0.15, 0.2) is 0 Å². The molecule has 0 aliphatic heterocycles. The van der Waals surface area contributed by atoms with Gasteiger partial charge in [-0.05, 0) is 47.7 Å². The monoisotopic (exact) mass is 268 g/mol. The number of hydrogen-bond donors (Lipinski definition) is 2. The maximum absolute atomic E-state index is 12.4. The van der Waals surface area contributed by atoms with E-state index in [1.54, 1.807) is 5.54 Å². The van der Waals surface area contributed by atoms with Crippen LogP contribution in [0, 0.1) is 6.92 Å². The van der Waals surface area contributed by atoms with Crippen LogP contribution in [0.4, 0.5) is 10.3 Å². The summed E-state index contributed by atoms with van der Waals surface area (Å²) in [5.74, 6) is 0.427. The average Bonchev–Trinajstić information content (AvgIpc) is 2.85. The Hall–Kier alpha value is -2.29. The maximum atomic E-state index is 12.4. The van der Waals surface area contributed by atoms with Gasteiger partial charge in [0.05, 0.1) is 0 Å². The lowest BCUT2D eigenvalue weighted by molar-refractivity contribution is 0.612. The third kappa shape index (κ3) is 2.52. The average molecular weight is 268 g/mol. The van der Waals surface area contributed by atoms with Crippen LogP contribution in [0.15, 0.2) is 48.5 Å². The van der Waals surface area contributed by atoms with Crippen molar-refractivity contribution in [2.75, 3.05) is 5.54 Å². The zero-order valence-electron chi connectivity index (χ0n) is 11.4. The Balaban J connectivity index is 1.77. The number of fused-ring (bicyclic) bond motifs is 1. The summed E-state index contributed by atoms with van der Waals surface area (Å²) in [7, 11) is 0. The molecule has 20 heavy (non-hydrogen) atoms. The van der Waals surface area contributed by atoms with Gasteiger partial charge in [-0.25, -0.2) is 5.54 Å². The predicted molar refractivity (Wildman–Crippen MR) is 81.6 cm³/mol. The molecule has 0 fully saturated rings. The lowest BCUT2D eigenvalue weighted by Crippen LogP contribution is -1.92. The topological polar surface area (TPSA) is 27.8 Å². The number of benzene rings is 2. The predicted octanol–water partition coefficient (Wildman–Crippen LogP) is 4.56. The summed E-state index contributed by atoms with van der Waals surface area (Å²) in [6.07, 6.45) is 1.86. The van der Waals surface area contributed by atoms with Crippen molar-refractivity contribution < 1.29 is 4.48 Å². The molecule has 0 amide bonds. The first kappa shape index (κ1) is 12.7. The number of rotatable bonds is 4. The molecule has 0 saturated carbocycles. The summed E-state index contributed by atoms with van der Waals surface area (Å²) in [5.41, 5.74) is 5.13. The largest absolute Gasteiger partial charge is 0.344 e. The minimum absolute atomic E-state index is 0.427. The fraction of sp³-hybridized carbons (Fsp3) is 0.176. The fourth-order valence-electron chi connectivity index (χ4n) is 2.58. The first-order chi connectivity index (χ1) is 9.76. The second-order valence-corrected chi connectivity index (χ2v) is 5.11. The van der Waals surface area contributed by atoms with Crippen LogP contribution in [0.2, 0.25) is 0 Å². The zero-order chi connectivity index (χ0) is 13.9. The summed E-state index contributed by atoms with van der Waals surface area (Å²) in [4.78, 5) is 2.97. The van der Waals surface area contributed by atoms with Gasteiger partial charge >= 0.3 is 0 Å². The van der Waals surface area contributed by atoms with E-state index in [-0.39, 0.29) is 0 Å². The number of hydrogen-bond acceptors (Lipinski definition) is 1. The van der Waals surface area contributed by atoms with Gasteiger partial charge in [0, 0.05) is 5.69 Å². The Morgan fingerprint density at radius 3 is 2.55 bits per heavy atom. The fourth-order valence-corrected chi connectivity index (χ4v) is 2.58. The number of aromatic amines is 1. The lowest BCUT2D eigenvalue weighted by atomic mass is 10.0. The molecule has 2 nitrogen and oxygen atoms in total. The summed E-state index contributed by atoms with van der Waals surface area (Å²) in [5, 5.41) is 2.53. The Labute approximate surface area is 117 Å². The van der Waals surface area contributed by atoms with Crippen LogP contribution in [0.5, 0.6) is 0 Å². The number of anilines is 1. The van der Waals surface area contributed by atoms with E-state index in [0.717, 1.165) is 24.1 Å². The molecule has 3 rings (SSSR count). The molecule has 102 valence electrons. The van der Waals surface area contributed by atoms with Crippen LogP contribution in [0.25, 0.3) is 10.8 Å². The first-order valence-electron chi connectivity index (χ1n) is 6.79. The van der Waals surface area contributed by atoms with Crippen molar-refractivity contribution in [3.05, 3.63) is 65.4 Å². The Morgan fingerprint density at radius 1 is 1.00 bits per heavy atom. The highest BCUT2D eigenvalue weighted by Gasteiger charge is 2.05. The number of aromatic nitrogens is 1. The third-order valence-corrected chi connectivity index (χ3v) is 3.72. The Kier molecular flexibility index (Phi) is 3.42. The maximum Gasteiger partial charge on any atom is 0.132 e. The quantitative estimate of drug-likeness (QED) is 0.667. The molecule has 0 aliphatic carbocycles. The Morgan fingerprint density at radius 2 is 1.80 bits per heavy atom. The number of halogens is 1. The van der Waals surface area contributed by atoms with Gasteiger partial charge in [0.25, 0.3) is 0 Å². The van der Waals surface area contributed by atoms with Gasteiger partial charge in [0.1, 0.15) is 5.82 Å². The van der Waals surface area contributed by atoms with Gasteiger partial charge in [0.2, 0.25) is 0 Å². The molecule has 2 N–H and O–H groups in total. The van der Waals surface area contributed by atoms with E-state index < -0.39 is 0 Å². The number of aryl methyl sites for hydroxylation is 3. The van der Waals surface area contributed by atoms with E-state index in [4.69, 9.17) is 0 Å². The van der Waals surface area contributed by atoms with Crippen LogP contribution in [0.1, 0.15) is 16.8 Å². The van der Waals surface area contributed by atoms with Crippen molar-refractivity contribution in [3.8, 4) is 0 Å². The van der Waals surface area contributed by atoms with E-state index in [1.165, 1.54) is 16.3 Å². The van der Waals surface area contributed by atoms with Crippen LogP contribution < -0.4 is 5.54 Å². The molecule has 3 heteroatoms. The van der Waals surface area contributed by atoms with Gasteiger partial charge in [-0.3, -0.25) is 0 Å². The molecular weight excluding hydrogens is 251 g/mol. The van der Waals surface area contributed by atoms with Crippen LogP contribution in [-0.4, -0.2) is 4.98 Å². The molecule has 1 aromatic heterocycles. The number of nitrogens with one attached hydrogen (secondary N) is 2. The van der Waals surface area contributed by atoms with Gasteiger partial charge in [-0.15, -0.1) is 4.48 Å². The first-order valence-corrected chi connectivity index (χ1v) is 6.79. The molecule has 3 aromatic rings. The summed E-state index contributed by atoms with van der Waals surface area (Å²) >= 11 is 0. The molecular formula is C17H17FN2. The summed E-state index contributed by atoms with van der Waals surface area (Å²) in [6, 6.07) is 16.7. The highest BCUT2D eigenvalue weighted by molar-refractivity contribution is 5.82.